The summed E-state index contributed by atoms with van der Waals surface area (Å²) in [5, 5.41) is 4.86. The second kappa shape index (κ2) is 11.5. The molecule has 1 aliphatic carbocycles. The molecule has 14 heteroatoms. The third-order valence-corrected chi connectivity index (χ3v) is 9.58. The first kappa shape index (κ1) is 30.4. The van der Waals surface area contributed by atoms with E-state index < -0.39 is 45.2 Å². The number of likely N-dealkylation sites (tertiary alicyclic amines) is 1. The molecule has 1 saturated heterocycles. The van der Waals surface area contributed by atoms with Crippen LogP contribution in [0.3, 0.4) is 0 Å². The summed E-state index contributed by atoms with van der Waals surface area (Å²) in [7, 11) is -4.70. The van der Waals surface area contributed by atoms with Crippen LogP contribution in [0.5, 0.6) is 0 Å². The lowest BCUT2D eigenvalue weighted by Gasteiger charge is -2.35. The van der Waals surface area contributed by atoms with E-state index in [0.29, 0.717) is 60.5 Å². The number of aromatic nitrogens is 2. The van der Waals surface area contributed by atoms with E-state index in [2.05, 4.69) is 5.10 Å². The van der Waals surface area contributed by atoms with E-state index >= 15 is 8.78 Å². The van der Waals surface area contributed by atoms with Gasteiger partial charge < -0.3 is 10.6 Å². The smallest absolute Gasteiger partial charge is 0.341 e. The first-order valence-corrected chi connectivity index (χ1v) is 15.3. The molecular weight excluding hydrogens is 581 g/mol. The van der Waals surface area contributed by atoms with Crippen molar-refractivity contribution in [1.82, 2.24) is 19.4 Å². The van der Waals surface area contributed by atoms with E-state index in [1.54, 1.807) is 10.7 Å². The molecule has 3 N–H and O–H groups in total. The first-order valence-electron chi connectivity index (χ1n) is 13.8. The number of carbonyl (C=O) groups is 1. The second-order valence-electron chi connectivity index (χ2n) is 11.1. The number of halogens is 5. The molecule has 1 unspecified atom stereocenters. The molecule has 1 aliphatic heterocycles. The minimum Gasteiger partial charge on any atom is -0.341 e. The molecule has 0 radical (unpaired) electrons. The minimum atomic E-state index is -4.76. The van der Waals surface area contributed by atoms with Gasteiger partial charge in [-0.25, -0.2) is 8.42 Å². The van der Waals surface area contributed by atoms with Crippen LogP contribution in [0.2, 0.25) is 0 Å². The Hall–Kier alpha value is -3.10. The molecule has 1 amide bonds. The number of piperidine rings is 1. The summed E-state index contributed by atoms with van der Waals surface area (Å²) >= 11 is 0. The van der Waals surface area contributed by atoms with E-state index in [4.69, 9.17) is 5.73 Å². The fourth-order valence-electron chi connectivity index (χ4n) is 5.67. The topological polar surface area (TPSA) is 110 Å². The SMILES string of the molecule is NC1CCN(C(=O)C(NS(=O)(=O)c2ccc3c(cnn3CC3CCCC3)c2)C(F)(F)c2ccc(C(F)(F)F)cc2)CC1. The van der Waals surface area contributed by atoms with E-state index in [1.165, 1.54) is 18.3 Å². The van der Waals surface area contributed by atoms with Gasteiger partial charge in [-0.2, -0.15) is 31.8 Å². The van der Waals surface area contributed by atoms with Gasteiger partial charge in [0.2, 0.25) is 15.9 Å². The number of nitrogens with one attached hydrogen (secondary N) is 1. The summed E-state index contributed by atoms with van der Waals surface area (Å²) < 4.78 is 102. The van der Waals surface area contributed by atoms with Crippen LogP contribution in [-0.4, -0.2) is 54.2 Å². The number of carbonyl (C=O) groups excluding carboxylic acids is 1. The normalized spacial score (nSPS) is 18.6. The maximum absolute atomic E-state index is 15.9. The Morgan fingerprint density at radius 1 is 0.976 bits per heavy atom. The van der Waals surface area contributed by atoms with E-state index in [1.807, 2.05) is 4.72 Å². The second-order valence-corrected chi connectivity index (χ2v) is 12.8. The molecule has 0 spiro atoms. The maximum atomic E-state index is 15.9. The number of hydrogen-bond donors (Lipinski definition) is 2. The van der Waals surface area contributed by atoms with Crippen molar-refractivity contribution >= 4 is 26.8 Å². The van der Waals surface area contributed by atoms with Gasteiger partial charge in [0.15, 0.2) is 6.04 Å². The maximum Gasteiger partial charge on any atom is 0.416 e. The summed E-state index contributed by atoms with van der Waals surface area (Å²) in [6, 6.07) is 3.29. The molecule has 2 aromatic carbocycles. The number of fused-ring (bicyclic) bond motifs is 1. The Bertz CT molecular complexity index is 1530. The number of nitrogens with two attached hydrogens (primary N) is 1. The van der Waals surface area contributed by atoms with Gasteiger partial charge in [0.05, 0.1) is 22.2 Å². The molecular formula is C28H32F5N5O3S. The van der Waals surface area contributed by atoms with Gasteiger partial charge in [0.25, 0.3) is 5.92 Å². The molecule has 1 atom stereocenters. The molecule has 8 nitrogen and oxygen atoms in total. The molecule has 0 bridgehead atoms. The zero-order chi connectivity index (χ0) is 30.3. The van der Waals surface area contributed by atoms with E-state index in [9.17, 15) is 26.4 Å². The van der Waals surface area contributed by atoms with Crippen LogP contribution in [0, 0.1) is 5.92 Å². The number of amides is 1. The highest BCUT2D eigenvalue weighted by Gasteiger charge is 2.50. The van der Waals surface area contributed by atoms with Crippen LogP contribution in [0.15, 0.2) is 53.6 Å². The third kappa shape index (κ3) is 6.30. The highest BCUT2D eigenvalue weighted by atomic mass is 32.2. The average Bonchev–Trinajstić information content (AvgIpc) is 3.61. The molecule has 3 aromatic rings. The Kier molecular flexibility index (Phi) is 8.33. The van der Waals surface area contributed by atoms with Crippen molar-refractivity contribution in [2.75, 3.05) is 13.1 Å². The zero-order valence-electron chi connectivity index (χ0n) is 22.7. The number of benzene rings is 2. The van der Waals surface area contributed by atoms with Gasteiger partial charge in [0.1, 0.15) is 0 Å². The number of nitrogens with zero attached hydrogens (tertiary/aromatic N) is 3. The van der Waals surface area contributed by atoms with Gasteiger partial charge in [0, 0.05) is 36.6 Å². The monoisotopic (exact) mass is 613 g/mol. The Morgan fingerprint density at radius 2 is 1.60 bits per heavy atom. The number of alkyl halides is 5. The molecule has 2 heterocycles. The van der Waals surface area contributed by atoms with Crippen LogP contribution in [-0.2, 0) is 33.5 Å². The quantitative estimate of drug-likeness (QED) is 0.360. The van der Waals surface area contributed by atoms with Crippen LogP contribution >= 0.6 is 0 Å². The Labute approximate surface area is 240 Å². The Morgan fingerprint density at radius 3 is 2.21 bits per heavy atom. The van der Waals surface area contributed by atoms with Crippen molar-refractivity contribution in [3.8, 4) is 0 Å². The third-order valence-electron chi connectivity index (χ3n) is 8.16. The summed E-state index contributed by atoms with van der Waals surface area (Å²) in [5.74, 6) is -4.91. The largest absolute Gasteiger partial charge is 0.416 e. The summed E-state index contributed by atoms with van der Waals surface area (Å²) in [6.07, 6.45) is 1.88. The summed E-state index contributed by atoms with van der Waals surface area (Å²) in [5.41, 5.74) is 4.47. The van der Waals surface area contributed by atoms with Crippen molar-refractivity contribution < 1.29 is 35.2 Å². The molecule has 42 heavy (non-hydrogen) atoms. The molecule has 5 rings (SSSR count). The zero-order valence-corrected chi connectivity index (χ0v) is 23.5. The fourth-order valence-corrected chi connectivity index (χ4v) is 6.89. The minimum absolute atomic E-state index is 0.0352. The summed E-state index contributed by atoms with van der Waals surface area (Å²) in [6.45, 7) is 0.754. The van der Waals surface area contributed by atoms with Gasteiger partial charge in [-0.1, -0.05) is 25.0 Å². The molecule has 2 aliphatic rings. The highest BCUT2D eigenvalue weighted by Crippen LogP contribution is 2.37. The van der Waals surface area contributed by atoms with Crippen LogP contribution in [0.4, 0.5) is 22.0 Å². The predicted octanol–water partition coefficient (Wildman–Crippen LogP) is 4.63. The van der Waals surface area contributed by atoms with Crippen molar-refractivity contribution in [2.45, 2.75) is 74.1 Å². The van der Waals surface area contributed by atoms with Crippen LogP contribution in [0.1, 0.15) is 49.7 Å². The highest BCUT2D eigenvalue weighted by molar-refractivity contribution is 7.89. The number of hydrogen-bond acceptors (Lipinski definition) is 5. The van der Waals surface area contributed by atoms with Gasteiger partial charge in [-0.15, -0.1) is 0 Å². The van der Waals surface area contributed by atoms with E-state index in [-0.39, 0.29) is 24.0 Å². The first-order chi connectivity index (χ1) is 19.8. The lowest BCUT2D eigenvalue weighted by molar-refractivity contribution is -0.145. The number of rotatable bonds is 8. The van der Waals surface area contributed by atoms with Crippen molar-refractivity contribution in [3.05, 3.63) is 59.8 Å². The fraction of sp³-hybridized carbons (Fsp3) is 0.500. The van der Waals surface area contributed by atoms with Crippen LogP contribution < -0.4 is 10.5 Å². The molecule has 1 saturated carbocycles. The average molecular weight is 614 g/mol. The van der Waals surface area contributed by atoms with Gasteiger partial charge >= 0.3 is 6.18 Å². The number of sulfonamides is 1. The standard InChI is InChI=1S/C28H32F5N5O3S/c29-27(30,20-5-7-21(8-6-20)28(31,32)33)25(26(39)37-13-11-22(34)12-14-37)36-42(40,41)23-9-10-24-19(15-23)16-35-38(24)17-18-3-1-2-4-18/h5-10,15-16,18,22,25,36H,1-4,11-14,17,34H2. The van der Waals surface area contributed by atoms with Crippen molar-refractivity contribution in [2.24, 2.45) is 11.7 Å². The van der Waals surface area contributed by atoms with E-state index in [0.717, 1.165) is 30.6 Å². The molecule has 1 aromatic heterocycles. The Balaban J connectivity index is 1.45. The molecule has 228 valence electrons. The van der Waals surface area contributed by atoms with Crippen molar-refractivity contribution in [3.63, 3.8) is 0 Å². The van der Waals surface area contributed by atoms with Gasteiger partial charge in [-0.05, 0) is 61.9 Å². The predicted molar refractivity (Wildman–Crippen MR) is 145 cm³/mol. The van der Waals surface area contributed by atoms with Gasteiger partial charge in [-0.3, -0.25) is 9.48 Å². The lowest BCUT2D eigenvalue weighted by atomic mass is 9.97. The lowest BCUT2D eigenvalue weighted by Crippen LogP contribution is -2.58. The molecule has 2 fully saturated rings. The van der Waals surface area contributed by atoms with Crippen LogP contribution in [0.25, 0.3) is 10.9 Å². The summed E-state index contributed by atoms with van der Waals surface area (Å²) in [4.78, 5) is 14.2. The van der Waals surface area contributed by atoms with Crippen molar-refractivity contribution in [1.29, 1.82) is 0 Å².